The molecule has 3 nitrogen and oxygen atoms in total. The summed E-state index contributed by atoms with van der Waals surface area (Å²) in [6.45, 7) is 6.66. The van der Waals surface area contributed by atoms with Crippen LogP contribution in [-0.2, 0) is 14.3 Å². The van der Waals surface area contributed by atoms with Gasteiger partial charge in [0.25, 0.3) is 0 Å². The summed E-state index contributed by atoms with van der Waals surface area (Å²) < 4.78 is 4.91. The Hall–Kier alpha value is -0.830. The SMILES string of the molecule is CCCCC/C(C)=C/CCC(CCCCCCC(=O)OCC)C(=O)Cl. The molecule has 0 aromatic heterocycles. The molecule has 0 N–H and O–H groups in total. The zero-order chi connectivity index (χ0) is 18.9. The molecule has 0 spiro atoms. The lowest BCUT2D eigenvalue weighted by Gasteiger charge is -2.11. The van der Waals surface area contributed by atoms with E-state index in [-0.39, 0.29) is 17.1 Å². The summed E-state index contributed by atoms with van der Waals surface area (Å²) in [5.41, 5.74) is 1.42. The molecule has 146 valence electrons. The summed E-state index contributed by atoms with van der Waals surface area (Å²) in [4.78, 5) is 22.8. The Balaban J connectivity index is 3.86. The maximum atomic E-state index is 11.6. The van der Waals surface area contributed by atoms with Gasteiger partial charge in [-0.2, -0.15) is 0 Å². The number of carbonyl (C=O) groups is 2. The van der Waals surface area contributed by atoms with Crippen molar-refractivity contribution in [1.82, 2.24) is 0 Å². The van der Waals surface area contributed by atoms with Crippen LogP contribution >= 0.6 is 11.6 Å². The number of halogens is 1. The molecular formula is C21H37ClO3. The zero-order valence-electron chi connectivity index (χ0n) is 16.4. The fourth-order valence-corrected chi connectivity index (χ4v) is 3.12. The number of ether oxygens (including phenoxy) is 1. The molecule has 1 atom stereocenters. The quantitative estimate of drug-likeness (QED) is 0.133. The molecule has 0 aromatic rings. The highest BCUT2D eigenvalue weighted by Crippen LogP contribution is 2.20. The predicted molar refractivity (Wildman–Crippen MR) is 106 cm³/mol. The van der Waals surface area contributed by atoms with Gasteiger partial charge >= 0.3 is 5.97 Å². The molecular weight excluding hydrogens is 336 g/mol. The lowest BCUT2D eigenvalue weighted by atomic mass is 9.96. The van der Waals surface area contributed by atoms with Crippen LogP contribution in [0.1, 0.15) is 97.8 Å². The van der Waals surface area contributed by atoms with Gasteiger partial charge in [0.1, 0.15) is 0 Å². The van der Waals surface area contributed by atoms with Crippen molar-refractivity contribution in [2.45, 2.75) is 97.8 Å². The minimum absolute atomic E-state index is 0.0357. The Bertz CT molecular complexity index is 391. The molecule has 0 aliphatic carbocycles. The number of hydrogen-bond donors (Lipinski definition) is 0. The van der Waals surface area contributed by atoms with Crippen molar-refractivity contribution >= 4 is 22.8 Å². The van der Waals surface area contributed by atoms with Crippen LogP contribution in [0.3, 0.4) is 0 Å². The van der Waals surface area contributed by atoms with Gasteiger partial charge in [0.05, 0.1) is 6.61 Å². The fourth-order valence-electron chi connectivity index (χ4n) is 2.90. The largest absolute Gasteiger partial charge is 0.466 e. The lowest BCUT2D eigenvalue weighted by molar-refractivity contribution is -0.143. The van der Waals surface area contributed by atoms with Crippen LogP contribution in [0.5, 0.6) is 0 Å². The highest BCUT2D eigenvalue weighted by molar-refractivity contribution is 6.63. The smallest absolute Gasteiger partial charge is 0.305 e. The fraction of sp³-hybridized carbons (Fsp3) is 0.810. The van der Waals surface area contributed by atoms with E-state index in [0.717, 1.165) is 51.4 Å². The van der Waals surface area contributed by atoms with Gasteiger partial charge in [-0.15, -0.1) is 0 Å². The minimum Gasteiger partial charge on any atom is -0.466 e. The number of unbranched alkanes of at least 4 members (excludes halogenated alkanes) is 5. The molecule has 25 heavy (non-hydrogen) atoms. The molecule has 4 heteroatoms. The maximum absolute atomic E-state index is 11.6. The second kappa shape index (κ2) is 16.6. The third kappa shape index (κ3) is 15.2. The van der Waals surface area contributed by atoms with Crippen molar-refractivity contribution < 1.29 is 14.3 Å². The van der Waals surface area contributed by atoms with Gasteiger partial charge in [0.15, 0.2) is 0 Å². The van der Waals surface area contributed by atoms with E-state index in [1.807, 2.05) is 6.92 Å². The first-order valence-electron chi connectivity index (χ1n) is 10.0. The van der Waals surface area contributed by atoms with Gasteiger partial charge in [0, 0.05) is 12.3 Å². The van der Waals surface area contributed by atoms with Crippen LogP contribution in [-0.4, -0.2) is 17.8 Å². The Morgan fingerprint density at radius 1 is 0.960 bits per heavy atom. The number of carbonyl (C=O) groups excluding carboxylic acids is 2. The van der Waals surface area contributed by atoms with Crippen LogP contribution in [0, 0.1) is 5.92 Å². The van der Waals surface area contributed by atoms with Crippen molar-refractivity contribution in [3.05, 3.63) is 11.6 Å². The zero-order valence-corrected chi connectivity index (χ0v) is 17.2. The third-order valence-electron chi connectivity index (χ3n) is 4.49. The van der Waals surface area contributed by atoms with Crippen molar-refractivity contribution in [2.24, 2.45) is 5.92 Å². The van der Waals surface area contributed by atoms with E-state index in [1.165, 1.54) is 24.8 Å². The predicted octanol–water partition coefficient (Wildman–Crippen LogP) is 6.58. The van der Waals surface area contributed by atoms with E-state index >= 15 is 0 Å². The van der Waals surface area contributed by atoms with Crippen molar-refractivity contribution in [3.8, 4) is 0 Å². The second-order valence-corrected chi connectivity index (χ2v) is 7.22. The molecule has 0 heterocycles. The highest BCUT2D eigenvalue weighted by Gasteiger charge is 2.15. The summed E-state index contributed by atoms with van der Waals surface area (Å²) in [6.07, 6.45) is 14.2. The average molecular weight is 373 g/mol. The first-order valence-corrected chi connectivity index (χ1v) is 10.4. The summed E-state index contributed by atoms with van der Waals surface area (Å²) in [7, 11) is 0. The standard InChI is InChI=1S/C21H37ClO3/c1-4-6-9-13-18(3)14-12-16-19(21(22)24)15-10-7-8-11-17-20(23)25-5-2/h14,19H,4-13,15-17H2,1-3H3/b18-14+. The molecule has 0 rings (SSSR count). The summed E-state index contributed by atoms with van der Waals surface area (Å²) in [6, 6.07) is 0. The van der Waals surface area contributed by atoms with Crippen LogP contribution < -0.4 is 0 Å². The van der Waals surface area contributed by atoms with Crippen LogP contribution in [0.4, 0.5) is 0 Å². The van der Waals surface area contributed by atoms with Crippen molar-refractivity contribution in [2.75, 3.05) is 6.61 Å². The van der Waals surface area contributed by atoms with Gasteiger partial charge in [-0.3, -0.25) is 9.59 Å². The Kier molecular flexibility index (Phi) is 16.1. The number of rotatable bonds is 16. The third-order valence-corrected chi connectivity index (χ3v) is 4.80. The van der Waals surface area contributed by atoms with Gasteiger partial charge in [-0.1, -0.05) is 50.7 Å². The molecule has 0 fully saturated rings. The van der Waals surface area contributed by atoms with Gasteiger partial charge in [-0.25, -0.2) is 0 Å². The molecule has 0 saturated carbocycles. The average Bonchev–Trinajstić information content (AvgIpc) is 2.56. The molecule has 0 aliphatic heterocycles. The molecule has 0 bridgehead atoms. The van der Waals surface area contributed by atoms with Crippen LogP contribution in [0.2, 0.25) is 0 Å². The van der Waals surface area contributed by atoms with E-state index in [0.29, 0.717) is 13.0 Å². The molecule has 0 radical (unpaired) electrons. The second-order valence-electron chi connectivity index (χ2n) is 6.84. The number of allylic oxidation sites excluding steroid dienone is 2. The lowest BCUT2D eigenvalue weighted by Crippen LogP contribution is -2.08. The number of esters is 1. The Labute approximate surface area is 159 Å². The first-order chi connectivity index (χ1) is 12.0. The van der Waals surface area contributed by atoms with E-state index in [1.54, 1.807) is 0 Å². The molecule has 1 unspecified atom stereocenters. The van der Waals surface area contributed by atoms with E-state index in [2.05, 4.69) is 19.9 Å². The minimum atomic E-state index is -0.205. The normalized spacial score (nSPS) is 12.9. The van der Waals surface area contributed by atoms with Crippen LogP contribution in [0.15, 0.2) is 11.6 Å². The first kappa shape index (κ1) is 24.2. The topological polar surface area (TPSA) is 43.4 Å². The van der Waals surface area contributed by atoms with Crippen molar-refractivity contribution in [1.29, 1.82) is 0 Å². The maximum Gasteiger partial charge on any atom is 0.305 e. The van der Waals surface area contributed by atoms with Crippen molar-refractivity contribution in [3.63, 3.8) is 0 Å². The highest BCUT2D eigenvalue weighted by atomic mass is 35.5. The monoisotopic (exact) mass is 372 g/mol. The van der Waals surface area contributed by atoms with E-state index in [4.69, 9.17) is 16.3 Å². The van der Waals surface area contributed by atoms with E-state index < -0.39 is 0 Å². The molecule has 0 saturated heterocycles. The van der Waals surface area contributed by atoms with Gasteiger partial charge < -0.3 is 4.74 Å². The number of hydrogen-bond acceptors (Lipinski definition) is 3. The summed E-state index contributed by atoms with van der Waals surface area (Å²) >= 11 is 5.76. The Morgan fingerprint density at radius 2 is 1.64 bits per heavy atom. The van der Waals surface area contributed by atoms with Gasteiger partial charge in [-0.05, 0) is 64.0 Å². The summed E-state index contributed by atoms with van der Waals surface area (Å²) in [5.74, 6) is -0.149. The molecule has 0 amide bonds. The molecule has 0 aliphatic rings. The summed E-state index contributed by atoms with van der Waals surface area (Å²) in [5, 5.41) is -0.205. The Morgan fingerprint density at radius 3 is 2.28 bits per heavy atom. The van der Waals surface area contributed by atoms with Crippen LogP contribution in [0.25, 0.3) is 0 Å². The van der Waals surface area contributed by atoms with Gasteiger partial charge in [0.2, 0.25) is 5.24 Å². The van der Waals surface area contributed by atoms with E-state index in [9.17, 15) is 9.59 Å². The molecule has 0 aromatic carbocycles.